The van der Waals surface area contributed by atoms with Gasteiger partial charge in [-0.05, 0) is 49.3 Å². The van der Waals surface area contributed by atoms with Gasteiger partial charge < -0.3 is 5.32 Å². The van der Waals surface area contributed by atoms with E-state index in [1.54, 1.807) is 11.1 Å². The maximum absolute atomic E-state index is 3.26. The first kappa shape index (κ1) is 11.2. The molecule has 1 fully saturated rings. The van der Waals surface area contributed by atoms with Crippen LogP contribution >= 0.6 is 0 Å². The maximum atomic E-state index is 3.26. The molecule has 3 rings (SSSR count). The van der Waals surface area contributed by atoms with Gasteiger partial charge in [-0.2, -0.15) is 0 Å². The van der Waals surface area contributed by atoms with Gasteiger partial charge in [0.1, 0.15) is 0 Å². The average molecular weight is 230 g/mol. The Kier molecular flexibility index (Phi) is 2.93. The van der Waals surface area contributed by atoms with Crippen LogP contribution in [-0.4, -0.2) is 31.7 Å². The number of piperidine rings is 1. The Morgan fingerprint density at radius 3 is 2.71 bits per heavy atom. The summed E-state index contributed by atoms with van der Waals surface area (Å²) < 4.78 is 0. The zero-order chi connectivity index (χ0) is 11.7. The molecule has 1 aromatic rings. The number of aryl methyl sites for hydroxylation is 1. The maximum Gasteiger partial charge on any atom is 0.0478 e. The molecule has 1 aliphatic carbocycles. The zero-order valence-corrected chi connectivity index (χ0v) is 10.7. The van der Waals surface area contributed by atoms with Gasteiger partial charge in [-0.15, -0.1) is 0 Å². The summed E-state index contributed by atoms with van der Waals surface area (Å²) in [5, 5.41) is 3.26. The monoisotopic (exact) mass is 230 g/mol. The molecule has 0 saturated carbocycles. The molecule has 1 N–H and O–H groups in total. The van der Waals surface area contributed by atoms with Crippen molar-refractivity contribution in [3.05, 3.63) is 35.4 Å². The van der Waals surface area contributed by atoms with Crippen molar-refractivity contribution < 1.29 is 0 Å². The Hall–Kier alpha value is -0.860. The molecule has 1 aromatic carbocycles. The average Bonchev–Trinajstić information content (AvgIpc) is 2.73. The number of hydrogen-bond acceptors (Lipinski definition) is 2. The minimum atomic E-state index is 0.515. The molecular formula is C15H22N2. The largest absolute Gasteiger partial charge is 0.307 e. The van der Waals surface area contributed by atoms with Crippen LogP contribution in [0.25, 0.3) is 0 Å². The van der Waals surface area contributed by atoms with E-state index in [9.17, 15) is 0 Å². The lowest BCUT2D eigenvalue weighted by atomic mass is 9.74. The molecule has 0 amide bonds. The van der Waals surface area contributed by atoms with E-state index in [2.05, 4.69) is 34.5 Å². The van der Waals surface area contributed by atoms with Crippen molar-refractivity contribution in [2.75, 3.05) is 26.8 Å². The van der Waals surface area contributed by atoms with E-state index in [1.165, 1.54) is 38.8 Å². The number of benzene rings is 1. The van der Waals surface area contributed by atoms with E-state index in [0.29, 0.717) is 5.41 Å². The second-order valence-corrected chi connectivity index (χ2v) is 5.57. The quantitative estimate of drug-likeness (QED) is 0.837. The number of hydrogen-bond donors (Lipinski definition) is 1. The number of nitrogens with zero attached hydrogens (tertiary/aromatic N) is 1. The van der Waals surface area contributed by atoms with Crippen LogP contribution in [0.4, 0.5) is 0 Å². The summed E-state index contributed by atoms with van der Waals surface area (Å²) in [6, 6.07) is 9.10. The van der Waals surface area contributed by atoms with E-state index in [4.69, 9.17) is 0 Å². The van der Waals surface area contributed by atoms with E-state index in [0.717, 1.165) is 6.67 Å². The molecule has 17 heavy (non-hydrogen) atoms. The summed E-state index contributed by atoms with van der Waals surface area (Å²) in [6.45, 7) is 3.53. The third-order valence-electron chi connectivity index (χ3n) is 4.66. The second-order valence-electron chi connectivity index (χ2n) is 5.57. The Labute approximate surface area is 104 Å². The third-order valence-corrected chi connectivity index (χ3v) is 4.66. The highest BCUT2D eigenvalue weighted by Gasteiger charge is 2.40. The highest BCUT2D eigenvalue weighted by molar-refractivity contribution is 5.39. The van der Waals surface area contributed by atoms with Crippen molar-refractivity contribution in [2.45, 2.75) is 31.1 Å². The van der Waals surface area contributed by atoms with Crippen molar-refractivity contribution in [1.29, 1.82) is 0 Å². The van der Waals surface area contributed by atoms with Gasteiger partial charge in [0.15, 0.2) is 0 Å². The molecule has 2 heteroatoms. The predicted molar refractivity (Wildman–Crippen MR) is 71.2 cm³/mol. The Balaban J connectivity index is 1.78. The molecule has 0 aromatic heterocycles. The van der Waals surface area contributed by atoms with Crippen LogP contribution in [0.1, 0.15) is 30.4 Å². The highest BCUT2D eigenvalue weighted by atomic mass is 15.2. The number of rotatable bonds is 2. The number of fused-ring (bicyclic) bond motifs is 2. The molecule has 1 aliphatic heterocycles. The summed E-state index contributed by atoms with van der Waals surface area (Å²) in [5.74, 6) is 0. The van der Waals surface area contributed by atoms with Crippen LogP contribution in [0.5, 0.6) is 0 Å². The molecule has 1 heterocycles. The first-order valence-corrected chi connectivity index (χ1v) is 6.79. The van der Waals surface area contributed by atoms with Crippen LogP contribution in [0.15, 0.2) is 24.3 Å². The summed E-state index contributed by atoms with van der Waals surface area (Å²) in [4.78, 5) is 2.53. The lowest BCUT2D eigenvalue weighted by Gasteiger charge is -2.40. The molecule has 2 aliphatic rings. The normalized spacial score (nSPS) is 22.9. The van der Waals surface area contributed by atoms with E-state index < -0.39 is 0 Å². The molecule has 0 atom stereocenters. The van der Waals surface area contributed by atoms with Gasteiger partial charge in [0.05, 0.1) is 0 Å². The minimum Gasteiger partial charge on any atom is -0.307 e. The van der Waals surface area contributed by atoms with E-state index in [1.807, 2.05) is 7.05 Å². The topological polar surface area (TPSA) is 15.3 Å². The van der Waals surface area contributed by atoms with Crippen molar-refractivity contribution >= 4 is 0 Å². The lowest BCUT2D eigenvalue weighted by Crippen LogP contribution is -2.44. The first-order chi connectivity index (χ1) is 8.34. The van der Waals surface area contributed by atoms with Gasteiger partial charge in [0.2, 0.25) is 0 Å². The van der Waals surface area contributed by atoms with Gasteiger partial charge in [-0.1, -0.05) is 24.3 Å². The molecule has 0 unspecified atom stereocenters. The van der Waals surface area contributed by atoms with Gasteiger partial charge in [0.25, 0.3) is 0 Å². The fraction of sp³-hybridized carbons (Fsp3) is 0.600. The zero-order valence-electron chi connectivity index (χ0n) is 10.7. The van der Waals surface area contributed by atoms with Crippen LogP contribution < -0.4 is 5.32 Å². The van der Waals surface area contributed by atoms with Crippen molar-refractivity contribution in [3.8, 4) is 0 Å². The third kappa shape index (κ3) is 1.90. The summed E-state index contributed by atoms with van der Waals surface area (Å²) in [5.41, 5.74) is 3.78. The highest BCUT2D eigenvalue weighted by Crippen LogP contribution is 2.45. The molecular weight excluding hydrogens is 208 g/mol. The van der Waals surface area contributed by atoms with Crippen molar-refractivity contribution in [1.82, 2.24) is 10.2 Å². The standard InChI is InChI=1S/C15H22N2/c1-16-12-17-10-8-15(9-11-17)7-6-13-4-2-3-5-14(13)15/h2-5,16H,6-12H2,1H3. The van der Waals surface area contributed by atoms with Gasteiger partial charge >= 0.3 is 0 Å². The Morgan fingerprint density at radius 1 is 1.18 bits per heavy atom. The van der Waals surface area contributed by atoms with Crippen LogP contribution in [0.2, 0.25) is 0 Å². The van der Waals surface area contributed by atoms with Gasteiger partial charge in [0, 0.05) is 19.8 Å². The fourth-order valence-electron chi connectivity index (χ4n) is 3.65. The smallest absolute Gasteiger partial charge is 0.0478 e. The molecule has 2 nitrogen and oxygen atoms in total. The van der Waals surface area contributed by atoms with E-state index in [-0.39, 0.29) is 0 Å². The molecule has 0 bridgehead atoms. The Morgan fingerprint density at radius 2 is 1.94 bits per heavy atom. The SMILES string of the molecule is CNCN1CCC2(CCc3ccccc32)CC1. The molecule has 1 saturated heterocycles. The van der Waals surface area contributed by atoms with Crippen molar-refractivity contribution in [3.63, 3.8) is 0 Å². The molecule has 1 spiro atoms. The first-order valence-electron chi connectivity index (χ1n) is 6.79. The van der Waals surface area contributed by atoms with Gasteiger partial charge in [-0.25, -0.2) is 0 Å². The summed E-state index contributed by atoms with van der Waals surface area (Å²) >= 11 is 0. The Bertz CT molecular complexity index is 392. The summed E-state index contributed by atoms with van der Waals surface area (Å²) in [6.07, 6.45) is 5.35. The van der Waals surface area contributed by atoms with Crippen LogP contribution in [0, 0.1) is 0 Å². The minimum absolute atomic E-state index is 0.515. The molecule has 92 valence electrons. The van der Waals surface area contributed by atoms with E-state index >= 15 is 0 Å². The van der Waals surface area contributed by atoms with Gasteiger partial charge in [-0.3, -0.25) is 4.90 Å². The number of likely N-dealkylation sites (tertiary alicyclic amines) is 1. The summed E-state index contributed by atoms with van der Waals surface area (Å²) in [7, 11) is 2.04. The van der Waals surface area contributed by atoms with Crippen LogP contribution in [-0.2, 0) is 11.8 Å². The van der Waals surface area contributed by atoms with Crippen LogP contribution in [0.3, 0.4) is 0 Å². The van der Waals surface area contributed by atoms with Crippen molar-refractivity contribution in [2.24, 2.45) is 0 Å². The predicted octanol–water partition coefficient (Wildman–Crippen LogP) is 2.14. The lowest BCUT2D eigenvalue weighted by molar-refractivity contribution is 0.152. The molecule has 0 radical (unpaired) electrons. The fourth-order valence-corrected chi connectivity index (χ4v) is 3.65. The number of nitrogens with one attached hydrogen (secondary N) is 1. The second kappa shape index (κ2) is 4.43.